The third-order valence-corrected chi connectivity index (χ3v) is 10.9. The molecule has 1 aromatic heterocycles. The lowest BCUT2D eigenvalue weighted by Crippen LogP contribution is -2.45. The van der Waals surface area contributed by atoms with Crippen LogP contribution in [-0.4, -0.2) is 61.7 Å². The van der Waals surface area contributed by atoms with Crippen molar-refractivity contribution in [2.75, 3.05) is 32.1 Å². The molecule has 1 unspecified atom stereocenters. The lowest BCUT2D eigenvalue weighted by Gasteiger charge is -2.38. The van der Waals surface area contributed by atoms with Crippen molar-refractivity contribution < 1.29 is 13.2 Å². The highest BCUT2D eigenvalue weighted by Gasteiger charge is 2.36. The monoisotopic (exact) mass is 580 g/mol. The molecule has 0 N–H and O–H groups in total. The molecule has 5 rings (SSSR count). The van der Waals surface area contributed by atoms with E-state index < -0.39 is 10.0 Å². The molecule has 3 aromatic rings. The van der Waals surface area contributed by atoms with Gasteiger partial charge in [-0.05, 0) is 93.5 Å². The lowest BCUT2D eigenvalue weighted by molar-refractivity contribution is 0.0709. The molecule has 1 atom stereocenters. The van der Waals surface area contributed by atoms with E-state index in [1.807, 2.05) is 44.0 Å². The van der Waals surface area contributed by atoms with Gasteiger partial charge in [-0.2, -0.15) is 4.31 Å². The first-order valence-corrected chi connectivity index (χ1v) is 15.6. The molecule has 0 radical (unpaired) electrons. The zero-order valence-electron chi connectivity index (χ0n) is 23.8. The first-order valence-electron chi connectivity index (χ1n) is 13.8. The highest BCUT2D eigenvalue weighted by atomic mass is 35.5. The maximum Gasteiger partial charge on any atom is 0.253 e. The van der Waals surface area contributed by atoms with E-state index in [0.717, 1.165) is 54.9 Å². The van der Waals surface area contributed by atoms with Crippen LogP contribution in [0.1, 0.15) is 63.7 Å². The van der Waals surface area contributed by atoms with E-state index in [2.05, 4.69) is 22.0 Å². The minimum absolute atomic E-state index is 0.0324. The topological polar surface area (TPSA) is 73.8 Å². The molecule has 0 spiro atoms. The number of pyridine rings is 1. The number of carbonyl (C=O) groups excluding carboxylic acids is 1. The molecule has 1 aliphatic carbocycles. The standard InChI is InChI=1S/C31H37ClN4O3S/c1-20-7-6-8-28(32)30(20)40(38,39)35(5)29-12-11-23-9-10-24(19-27(23)29)31(37)34(4)25-13-15-36(16-14-25)26-17-21(2)33-22(3)18-26/h6-10,17-19,25,29H,11-16H2,1-5H3. The van der Waals surface area contributed by atoms with Crippen LogP contribution in [0, 0.1) is 20.8 Å². The second kappa shape index (κ2) is 11.1. The number of benzene rings is 2. The smallest absolute Gasteiger partial charge is 0.253 e. The Balaban J connectivity index is 1.31. The average molecular weight is 581 g/mol. The predicted octanol–water partition coefficient (Wildman–Crippen LogP) is 5.71. The summed E-state index contributed by atoms with van der Waals surface area (Å²) in [4.78, 5) is 22.5. The van der Waals surface area contributed by atoms with Gasteiger partial charge in [-0.15, -0.1) is 0 Å². The normalized spacial score (nSPS) is 17.8. The summed E-state index contributed by atoms with van der Waals surface area (Å²) < 4.78 is 28.7. The van der Waals surface area contributed by atoms with Crippen LogP contribution in [0.4, 0.5) is 5.69 Å². The molecule has 9 heteroatoms. The van der Waals surface area contributed by atoms with Crippen molar-refractivity contribution in [1.29, 1.82) is 0 Å². The molecule has 0 saturated carbocycles. The fourth-order valence-corrected chi connectivity index (χ4v) is 8.37. The second-order valence-electron chi connectivity index (χ2n) is 11.1. The van der Waals surface area contributed by atoms with Crippen molar-refractivity contribution in [1.82, 2.24) is 14.2 Å². The fraction of sp³-hybridized carbons (Fsp3) is 0.419. The molecule has 1 amide bonds. The first-order chi connectivity index (χ1) is 19.0. The Kier molecular flexibility index (Phi) is 7.97. The summed E-state index contributed by atoms with van der Waals surface area (Å²) in [6.45, 7) is 7.54. The third-order valence-electron chi connectivity index (χ3n) is 8.44. The molecular formula is C31H37ClN4O3S. The van der Waals surface area contributed by atoms with Gasteiger partial charge >= 0.3 is 0 Å². The molecule has 212 valence electrons. The summed E-state index contributed by atoms with van der Waals surface area (Å²) >= 11 is 6.34. The van der Waals surface area contributed by atoms with Crippen LogP contribution in [0.5, 0.6) is 0 Å². The number of fused-ring (bicyclic) bond motifs is 1. The molecule has 2 aromatic carbocycles. The number of aromatic nitrogens is 1. The van der Waals surface area contributed by atoms with E-state index >= 15 is 0 Å². The van der Waals surface area contributed by atoms with Gasteiger partial charge in [-0.3, -0.25) is 9.78 Å². The zero-order valence-corrected chi connectivity index (χ0v) is 25.4. The molecule has 1 fully saturated rings. The Hall–Kier alpha value is -2.94. The maximum absolute atomic E-state index is 13.6. The van der Waals surface area contributed by atoms with Gasteiger partial charge in [0.15, 0.2) is 0 Å². The van der Waals surface area contributed by atoms with Crippen LogP contribution < -0.4 is 4.90 Å². The van der Waals surface area contributed by atoms with E-state index in [4.69, 9.17) is 11.6 Å². The van der Waals surface area contributed by atoms with Crippen molar-refractivity contribution in [2.45, 2.75) is 63.4 Å². The number of anilines is 1. The van der Waals surface area contributed by atoms with Crippen LogP contribution in [0.2, 0.25) is 5.02 Å². The Morgan fingerprint density at radius 2 is 1.65 bits per heavy atom. The van der Waals surface area contributed by atoms with Crippen LogP contribution in [-0.2, 0) is 16.4 Å². The van der Waals surface area contributed by atoms with Crippen molar-refractivity contribution in [3.63, 3.8) is 0 Å². The van der Waals surface area contributed by atoms with E-state index in [-0.39, 0.29) is 27.9 Å². The quantitative estimate of drug-likeness (QED) is 0.373. The van der Waals surface area contributed by atoms with E-state index in [1.165, 1.54) is 9.99 Å². The molecule has 2 aliphatic rings. The maximum atomic E-state index is 13.6. The van der Waals surface area contributed by atoms with E-state index in [0.29, 0.717) is 17.5 Å². The van der Waals surface area contributed by atoms with Gasteiger partial charge in [-0.1, -0.05) is 29.8 Å². The lowest BCUT2D eigenvalue weighted by atomic mass is 10.00. The van der Waals surface area contributed by atoms with Gasteiger partial charge < -0.3 is 9.80 Å². The Bertz CT molecular complexity index is 1510. The van der Waals surface area contributed by atoms with E-state index in [9.17, 15) is 13.2 Å². The largest absolute Gasteiger partial charge is 0.371 e. The molecule has 40 heavy (non-hydrogen) atoms. The van der Waals surface area contributed by atoms with Crippen molar-refractivity contribution in [3.8, 4) is 0 Å². The number of hydrogen-bond donors (Lipinski definition) is 0. The molecule has 0 bridgehead atoms. The number of amides is 1. The predicted molar refractivity (Wildman–Crippen MR) is 160 cm³/mol. The number of sulfonamides is 1. The van der Waals surface area contributed by atoms with Crippen molar-refractivity contribution in [3.05, 3.63) is 87.2 Å². The second-order valence-corrected chi connectivity index (χ2v) is 13.5. The van der Waals surface area contributed by atoms with Crippen molar-refractivity contribution >= 4 is 33.2 Å². The Labute approximate surface area is 242 Å². The average Bonchev–Trinajstić information content (AvgIpc) is 3.34. The Morgan fingerprint density at radius 3 is 2.30 bits per heavy atom. The van der Waals surface area contributed by atoms with Gasteiger partial charge in [0.05, 0.1) is 11.1 Å². The summed E-state index contributed by atoms with van der Waals surface area (Å²) in [7, 11) is -0.340. The van der Waals surface area contributed by atoms with Gasteiger partial charge in [0.2, 0.25) is 10.0 Å². The number of hydrogen-bond acceptors (Lipinski definition) is 5. The highest BCUT2D eigenvalue weighted by Crippen LogP contribution is 2.40. The first kappa shape index (κ1) is 28.6. The number of halogens is 1. The minimum Gasteiger partial charge on any atom is -0.371 e. The molecule has 7 nitrogen and oxygen atoms in total. The molecule has 1 aliphatic heterocycles. The number of nitrogens with zero attached hydrogens (tertiary/aromatic N) is 4. The zero-order chi connectivity index (χ0) is 28.8. The summed E-state index contributed by atoms with van der Waals surface area (Å²) in [5, 5.41) is 0.218. The summed E-state index contributed by atoms with van der Waals surface area (Å²) in [6, 6.07) is 14.9. The fourth-order valence-electron chi connectivity index (χ4n) is 6.22. The number of carbonyl (C=O) groups is 1. The summed E-state index contributed by atoms with van der Waals surface area (Å²) in [5.41, 5.74) is 6.40. The van der Waals surface area contributed by atoms with Crippen LogP contribution >= 0.6 is 11.6 Å². The van der Waals surface area contributed by atoms with Gasteiger partial charge in [0.1, 0.15) is 4.90 Å². The van der Waals surface area contributed by atoms with Gasteiger partial charge in [0.25, 0.3) is 5.91 Å². The molecule has 1 saturated heterocycles. The number of piperidine rings is 1. The van der Waals surface area contributed by atoms with Crippen LogP contribution in [0.15, 0.2) is 53.4 Å². The number of aryl methyl sites for hydroxylation is 4. The van der Waals surface area contributed by atoms with Gasteiger partial charge in [0, 0.05) is 55.9 Å². The highest BCUT2D eigenvalue weighted by molar-refractivity contribution is 7.89. The van der Waals surface area contributed by atoms with Crippen molar-refractivity contribution in [2.24, 2.45) is 0 Å². The van der Waals surface area contributed by atoms with Gasteiger partial charge in [-0.25, -0.2) is 8.42 Å². The van der Waals surface area contributed by atoms with E-state index in [1.54, 1.807) is 32.2 Å². The Morgan fingerprint density at radius 1 is 0.975 bits per heavy atom. The van der Waals surface area contributed by atoms with Crippen LogP contribution in [0.25, 0.3) is 0 Å². The number of rotatable bonds is 6. The molecule has 2 heterocycles. The SMILES string of the molecule is Cc1cc(N2CCC(N(C)C(=O)c3ccc4c(c3)C(N(C)S(=O)(=O)c3c(C)cccc3Cl)CC4)CC2)cc(C)n1. The minimum atomic E-state index is -3.83. The molecular weight excluding hydrogens is 544 g/mol. The summed E-state index contributed by atoms with van der Waals surface area (Å²) in [6.07, 6.45) is 3.19. The van der Waals surface area contributed by atoms with Crippen LogP contribution in [0.3, 0.4) is 0 Å². The summed E-state index contributed by atoms with van der Waals surface area (Å²) in [5.74, 6) is -0.0324. The third kappa shape index (κ3) is 5.37.